The van der Waals surface area contributed by atoms with E-state index in [0.717, 1.165) is 25.2 Å². The molecule has 1 heterocycles. The zero-order chi connectivity index (χ0) is 14.5. The van der Waals surface area contributed by atoms with Gasteiger partial charge in [-0.25, -0.2) is 0 Å². The molecule has 1 aliphatic rings. The summed E-state index contributed by atoms with van der Waals surface area (Å²) in [5.41, 5.74) is 5.15. The molecule has 1 aliphatic heterocycles. The highest BCUT2D eigenvalue weighted by molar-refractivity contribution is 5.49. The second-order valence-corrected chi connectivity index (χ2v) is 5.49. The lowest BCUT2D eigenvalue weighted by Crippen LogP contribution is -2.15. The fourth-order valence-electron chi connectivity index (χ4n) is 2.93. The third-order valence-electron chi connectivity index (χ3n) is 3.93. The van der Waals surface area contributed by atoms with E-state index in [0.29, 0.717) is 12.6 Å². The van der Waals surface area contributed by atoms with Crippen molar-refractivity contribution >= 4 is 5.69 Å². The molecule has 0 spiro atoms. The maximum Gasteiger partial charge on any atom is 0.0713 e. The first-order valence-corrected chi connectivity index (χ1v) is 7.50. The Hall–Kier alpha value is -1.84. The van der Waals surface area contributed by atoms with Crippen LogP contribution in [0.2, 0.25) is 0 Å². The summed E-state index contributed by atoms with van der Waals surface area (Å²) < 4.78 is 5.21. The molecule has 0 radical (unpaired) electrons. The van der Waals surface area contributed by atoms with Crippen LogP contribution in [0.1, 0.15) is 29.2 Å². The fraction of sp³-hybridized carbons (Fsp3) is 0.333. The molecule has 0 aliphatic carbocycles. The second kappa shape index (κ2) is 6.74. The minimum Gasteiger partial charge on any atom is -0.380 e. The number of hydrogen-bond donors (Lipinski definition) is 2. The van der Waals surface area contributed by atoms with E-state index in [9.17, 15) is 0 Å². The average molecular weight is 282 g/mol. The van der Waals surface area contributed by atoms with Gasteiger partial charge in [0.15, 0.2) is 0 Å². The zero-order valence-corrected chi connectivity index (χ0v) is 12.4. The number of methoxy groups -OCH3 is 1. The number of rotatable bonds is 4. The van der Waals surface area contributed by atoms with E-state index in [1.54, 1.807) is 7.11 Å². The van der Waals surface area contributed by atoms with Crippen LogP contribution in [0.4, 0.5) is 5.69 Å². The summed E-state index contributed by atoms with van der Waals surface area (Å²) in [6.45, 7) is 2.64. The van der Waals surface area contributed by atoms with Gasteiger partial charge >= 0.3 is 0 Å². The first-order chi connectivity index (χ1) is 10.4. The molecule has 3 rings (SSSR count). The van der Waals surface area contributed by atoms with Gasteiger partial charge in [0, 0.05) is 19.3 Å². The van der Waals surface area contributed by atoms with Crippen molar-refractivity contribution in [2.24, 2.45) is 0 Å². The van der Waals surface area contributed by atoms with Crippen LogP contribution < -0.4 is 10.6 Å². The molecular weight excluding hydrogens is 260 g/mol. The minimum absolute atomic E-state index is 0.356. The van der Waals surface area contributed by atoms with Gasteiger partial charge in [-0.3, -0.25) is 0 Å². The van der Waals surface area contributed by atoms with Crippen molar-refractivity contribution in [3.05, 3.63) is 65.2 Å². The highest BCUT2D eigenvalue weighted by Gasteiger charge is 2.17. The highest BCUT2D eigenvalue weighted by atomic mass is 16.5. The van der Waals surface area contributed by atoms with Crippen LogP contribution in [0.15, 0.2) is 48.5 Å². The molecule has 1 atom stereocenters. The maximum atomic E-state index is 5.21. The summed E-state index contributed by atoms with van der Waals surface area (Å²) in [7, 11) is 1.73. The normalized spacial score (nSPS) is 17.9. The van der Waals surface area contributed by atoms with Crippen molar-refractivity contribution < 1.29 is 4.74 Å². The molecule has 2 aromatic rings. The first kappa shape index (κ1) is 14.1. The van der Waals surface area contributed by atoms with Gasteiger partial charge in [-0.15, -0.1) is 0 Å². The number of fused-ring (bicyclic) bond motifs is 1. The summed E-state index contributed by atoms with van der Waals surface area (Å²) >= 11 is 0. The molecular formula is C18H22N2O. The van der Waals surface area contributed by atoms with Crippen LogP contribution in [-0.4, -0.2) is 13.7 Å². The van der Waals surface area contributed by atoms with Gasteiger partial charge < -0.3 is 15.4 Å². The van der Waals surface area contributed by atoms with Crippen molar-refractivity contribution in [3.8, 4) is 0 Å². The molecule has 0 fully saturated rings. The number of benzene rings is 2. The molecule has 0 bridgehead atoms. The Balaban J connectivity index is 1.82. The SMILES string of the molecule is COCc1cccc(NC2CCNCc3ccccc32)c1. The van der Waals surface area contributed by atoms with Crippen LogP contribution in [0, 0.1) is 0 Å². The quantitative estimate of drug-likeness (QED) is 0.900. The van der Waals surface area contributed by atoms with Crippen LogP contribution in [0.25, 0.3) is 0 Å². The van der Waals surface area contributed by atoms with Gasteiger partial charge in [-0.1, -0.05) is 36.4 Å². The molecule has 3 nitrogen and oxygen atoms in total. The Labute approximate surface area is 126 Å². The maximum absolute atomic E-state index is 5.21. The molecule has 0 amide bonds. The van der Waals surface area contributed by atoms with E-state index in [1.807, 2.05) is 0 Å². The highest BCUT2D eigenvalue weighted by Crippen LogP contribution is 2.27. The van der Waals surface area contributed by atoms with Gasteiger partial charge in [-0.2, -0.15) is 0 Å². The van der Waals surface area contributed by atoms with E-state index in [1.165, 1.54) is 16.7 Å². The lowest BCUT2D eigenvalue weighted by molar-refractivity contribution is 0.185. The summed E-state index contributed by atoms with van der Waals surface area (Å²) in [6.07, 6.45) is 1.09. The molecule has 110 valence electrons. The summed E-state index contributed by atoms with van der Waals surface area (Å²) in [4.78, 5) is 0. The van der Waals surface area contributed by atoms with E-state index in [-0.39, 0.29) is 0 Å². The van der Waals surface area contributed by atoms with Crippen LogP contribution in [-0.2, 0) is 17.9 Å². The topological polar surface area (TPSA) is 33.3 Å². The van der Waals surface area contributed by atoms with Gasteiger partial charge in [-0.05, 0) is 41.8 Å². The van der Waals surface area contributed by atoms with Crippen LogP contribution >= 0.6 is 0 Å². The summed E-state index contributed by atoms with van der Waals surface area (Å²) in [5, 5.41) is 7.17. The van der Waals surface area contributed by atoms with Crippen LogP contribution in [0.5, 0.6) is 0 Å². The molecule has 0 aromatic heterocycles. The first-order valence-electron chi connectivity index (χ1n) is 7.50. The molecule has 0 saturated heterocycles. The number of hydrogen-bond acceptors (Lipinski definition) is 3. The predicted octanol–water partition coefficient (Wildman–Crippen LogP) is 3.48. The standard InChI is InChI=1S/C18H22N2O/c1-21-13-14-5-4-7-16(11-14)20-18-9-10-19-12-15-6-2-3-8-17(15)18/h2-8,11,18-20H,9-10,12-13H2,1H3. The van der Waals surface area contributed by atoms with Gasteiger partial charge in [0.2, 0.25) is 0 Å². The molecule has 3 heteroatoms. The Morgan fingerprint density at radius 1 is 1.19 bits per heavy atom. The van der Waals surface area contributed by atoms with Gasteiger partial charge in [0.25, 0.3) is 0 Å². The van der Waals surface area contributed by atoms with Crippen LogP contribution in [0.3, 0.4) is 0 Å². The van der Waals surface area contributed by atoms with E-state index >= 15 is 0 Å². The Bertz CT molecular complexity index is 597. The monoisotopic (exact) mass is 282 g/mol. The van der Waals surface area contributed by atoms with Gasteiger partial charge in [0.05, 0.1) is 12.6 Å². The lowest BCUT2D eigenvalue weighted by atomic mass is 9.99. The summed E-state index contributed by atoms with van der Waals surface area (Å²) in [6, 6.07) is 17.5. The molecule has 2 N–H and O–H groups in total. The number of ether oxygens (including phenoxy) is 1. The Morgan fingerprint density at radius 3 is 3.00 bits per heavy atom. The van der Waals surface area contributed by atoms with Crippen molar-refractivity contribution in [2.75, 3.05) is 19.0 Å². The molecule has 1 unspecified atom stereocenters. The average Bonchev–Trinajstić information content (AvgIpc) is 2.71. The predicted molar refractivity (Wildman–Crippen MR) is 86.3 cm³/mol. The Kier molecular flexibility index (Phi) is 4.53. The van der Waals surface area contributed by atoms with E-state index in [4.69, 9.17) is 4.74 Å². The van der Waals surface area contributed by atoms with Crippen molar-refractivity contribution in [1.82, 2.24) is 5.32 Å². The second-order valence-electron chi connectivity index (χ2n) is 5.49. The minimum atomic E-state index is 0.356. The van der Waals surface area contributed by atoms with Crippen molar-refractivity contribution in [1.29, 1.82) is 0 Å². The number of anilines is 1. The summed E-state index contributed by atoms with van der Waals surface area (Å²) in [5.74, 6) is 0. The smallest absolute Gasteiger partial charge is 0.0713 e. The van der Waals surface area contributed by atoms with E-state index < -0.39 is 0 Å². The Morgan fingerprint density at radius 2 is 2.10 bits per heavy atom. The molecule has 2 aromatic carbocycles. The van der Waals surface area contributed by atoms with Crippen molar-refractivity contribution in [2.45, 2.75) is 25.6 Å². The van der Waals surface area contributed by atoms with E-state index in [2.05, 4.69) is 59.2 Å². The largest absolute Gasteiger partial charge is 0.380 e. The number of nitrogens with one attached hydrogen (secondary N) is 2. The zero-order valence-electron chi connectivity index (χ0n) is 12.4. The van der Waals surface area contributed by atoms with Gasteiger partial charge in [0.1, 0.15) is 0 Å². The molecule has 0 saturated carbocycles. The third-order valence-corrected chi connectivity index (χ3v) is 3.93. The fourth-order valence-corrected chi connectivity index (χ4v) is 2.93. The van der Waals surface area contributed by atoms with Crippen molar-refractivity contribution in [3.63, 3.8) is 0 Å². The lowest BCUT2D eigenvalue weighted by Gasteiger charge is -2.20. The molecule has 21 heavy (non-hydrogen) atoms. The third kappa shape index (κ3) is 3.43.